The van der Waals surface area contributed by atoms with Gasteiger partial charge in [-0.3, -0.25) is 0 Å². The normalized spacial score (nSPS) is 21.4. The average Bonchev–Trinajstić information content (AvgIpc) is 2.59. The molecule has 1 unspecified atom stereocenters. The fourth-order valence-corrected chi connectivity index (χ4v) is 3.99. The molecule has 1 saturated carbocycles. The van der Waals surface area contributed by atoms with Gasteiger partial charge in [-0.25, -0.2) is 9.78 Å². The van der Waals surface area contributed by atoms with Crippen LogP contribution >= 0.6 is 0 Å². The lowest BCUT2D eigenvalue weighted by Crippen LogP contribution is -2.53. The first kappa shape index (κ1) is 21.8. The van der Waals surface area contributed by atoms with E-state index in [9.17, 15) is 14.3 Å². The van der Waals surface area contributed by atoms with Crippen LogP contribution in [0.5, 0.6) is 0 Å². The second-order valence-corrected chi connectivity index (χ2v) is 9.40. The number of aliphatic hydroxyl groups excluding tert-OH is 1. The summed E-state index contributed by atoms with van der Waals surface area (Å²) in [5, 5.41) is 9.64. The molecule has 3 rings (SSSR count). The first-order chi connectivity index (χ1) is 13.6. The van der Waals surface area contributed by atoms with Gasteiger partial charge in [-0.15, -0.1) is 0 Å². The smallest absolute Gasteiger partial charge is 0.410 e. The summed E-state index contributed by atoms with van der Waals surface area (Å²) >= 11 is 0. The Kier molecular flexibility index (Phi) is 6.66. The van der Waals surface area contributed by atoms with Crippen LogP contribution in [0.2, 0.25) is 0 Å². The van der Waals surface area contributed by atoms with Gasteiger partial charge in [0, 0.05) is 25.2 Å². The molecule has 1 aliphatic carbocycles. The maximum Gasteiger partial charge on any atom is 0.410 e. The van der Waals surface area contributed by atoms with Crippen molar-refractivity contribution in [3.8, 4) is 0 Å². The van der Waals surface area contributed by atoms with Crippen LogP contribution in [-0.4, -0.2) is 52.4 Å². The fraction of sp³-hybridized carbons (Fsp3) is 0.727. The van der Waals surface area contributed by atoms with Crippen molar-refractivity contribution >= 4 is 11.9 Å². The molecule has 162 valence electrons. The number of hydrogen-bond donors (Lipinski definition) is 1. The highest BCUT2D eigenvalue weighted by atomic mass is 19.1. The second-order valence-electron chi connectivity index (χ2n) is 9.40. The maximum absolute atomic E-state index is 14.3. The highest BCUT2D eigenvalue weighted by Gasteiger charge is 2.34. The van der Waals surface area contributed by atoms with Crippen molar-refractivity contribution < 1.29 is 19.0 Å². The number of aliphatic hydroxyl groups is 1. The summed E-state index contributed by atoms with van der Waals surface area (Å²) in [7, 11) is 0. The van der Waals surface area contributed by atoms with E-state index in [0.717, 1.165) is 38.8 Å². The molecule has 29 heavy (non-hydrogen) atoms. The van der Waals surface area contributed by atoms with Gasteiger partial charge in [-0.2, -0.15) is 4.39 Å². The van der Waals surface area contributed by atoms with E-state index in [1.165, 1.54) is 13.3 Å². The van der Waals surface area contributed by atoms with Crippen molar-refractivity contribution in [3.63, 3.8) is 0 Å². The number of pyridine rings is 1. The van der Waals surface area contributed by atoms with Gasteiger partial charge in [0.15, 0.2) is 0 Å². The molecule has 7 heteroatoms. The van der Waals surface area contributed by atoms with Gasteiger partial charge in [0.25, 0.3) is 0 Å². The lowest BCUT2D eigenvalue weighted by molar-refractivity contribution is 0.00732. The van der Waals surface area contributed by atoms with Crippen LogP contribution in [0, 0.1) is 11.9 Å². The quantitative estimate of drug-likeness (QED) is 0.738. The Balaban J connectivity index is 1.74. The van der Waals surface area contributed by atoms with Gasteiger partial charge in [0.1, 0.15) is 11.4 Å². The molecule has 1 aromatic heterocycles. The Morgan fingerprint density at radius 1 is 1.34 bits per heavy atom. The van der Waals surface area contributed by atoms with Crippen LogP contribution in [0.3, 0.4) is 0 Å². The van der Waals surface area contributed by atoms with Crippen LogP contribution in [0.25, 0.3) is 0 Å². The molecule has 2 aliphatic rings. The SMILES string of the molecule is CC(O)c1ccc(N2CCC[C@@H](N(CC3CCC3)C(=O)OC(C)(C)C)C2)nc1F. The number of amides is 1. The van der Waals surface area contributed by atoms with Crippen molar-refractivity contribution in [1.82, 2.24) is 9.88 Å². The summed E-state index contributed by atoms with van der Waals surface area (Å²) in [4.78, 5) is 20.9. The van der Waals surface area contributed by atoms with Gasteiger partial charge in [-0.1, -0.05) is 6.42 Å². The summed E-state index contributed by atoms with van der Waals surface area (Å²) in [5.41, 5.74) is -0.340. The average molecular weight is 408 g/mol. The standard InChI is InChI=1S/C22H34FN3O3/c1-15(27)18-10-11-19(24-20(18)23)25-12-6-9-17(14-25)26(13-16-7-5-8-16)21(28)29-22(2,3)4/h10-11,15-17,27H,5-9,12-14H2,1-4H3/t15?,17-/m1/s1. The lowest BCUT2D eigenvalue weighted by Gasteiger charge is -2.42. The zero-order valence-corrected chi connectivity index (χ0v) is 18.0. The molecule has 0 spiro atoms. The van der Waals surface area contributed by atoms with Crippen molar-refractivity contribution in [2.75, 3.05) is 24.5 Å². The number of halogens is 1. The third kappa shape index (κ3) is 5.59. The van der Waals surface area contributed by atoms with Crippen LogP contribution in [0.15, 0.2) is 12.1 Å². The molecule has 2 atom stereocenters. The molecule has 1 aromatic rings. The van der Waals surface area contributed by atoms with Gasteiger partial charge in [-0.05, 0) is 71.4 Å². The zero-order valence-electron chi connectivity index (χ0n) is 18.0. The topological polar surface area (TPSA) is 65.9 Å². The molecule has 6 nitrogen and oxygen atoms in total. The van der Waals surface area contributed by atoms with Gasteiger partial charge >= 0.3 is 6.09 Å². The van der Waals surface area contributed by atoms with Crippen LogP contribution in [-0.2, 0) is 4.74 Å². The Hall–Kier alpha value is -1.89. The number of aromatic nitrogens is 1. The van der Waals surface area contributed by atoms with Crippen molar-refractivity contribution in [1.29, 1.82) is 0 Å². The van der Waals surface area contributed by atoms with E-state index >= 15 is 0 Å². The van der Waals surface area contributed by atoms with Crippen molar-refractivity contribution in [2.24, 2.45) is 5.92 Å². The molecule has 2 heterocycles. The summed E-state index contributed by atoms with van der Waals surface area (Å²) in [6.45, 7) is 9.27. The number of piperidine rings is 1. The lowest BCUT2D eigenvalue weighted by atomic mass is 9.84. The third-order valence-corrected chi connectivity index (χ3v) is 5.78. The van der Waals surface area contributed by atoms with E-state index in [1.54, 1.807) is 12.1 Å². The van der Waals surface area contributed by atoms with Gasteiger partial charge in [0.05, 0.1) is 12.1 Å². The first-order valence-electron chi connectivity index (χ1n) is 10.7. The molecule has 0 aromatic carbocycles. The molecule has 1 amide bonds. The Morgan fingerprint density at radius 2 is 2.07 bits per heavy atom. The minimum atomic E-state index is -0.893. The predicted molar refractivity (Wildman–Crippen MR) is 110 cm³/mol. The van der Waals surface area contributed by atoms with Crippen LogP contribution < -0.4 is 4.90 Å². The number of nitrogens with zero attached hydrogens (tertiary/aromatic N) is 3. The summed E-state index contributed by atoms with van der Waals surface area (Å²) in [5.74, 6) is 0.446. The summed E-state index contributed by atoms with van der Waals surface area (Å²) in [6, 6.07) is 3.35. The van der Waals surface area contributed by atoms with Crippen LogP contribution in [0.1, 0.15) is 71.5 Å². The van der Waals surface area contributed by atoms with Crippen LogP contribution in [0.4, 0.5) is 15.0 Å². The van der Waals surface area contributed by atoms with Gasteiger partial charge < -0.3 is 19.6 Å². The molecular formula is C22H34FN3O3. The molecule has 1 saturated heterocycles. The minimum Gasteiger partial charge on any atom is -0.444 e. The number of carbonyl (C=O) groups is 1. The third-order valence-electron chi connectivity index (χ3n) is 5.78. The number of hydrogen-bond acceptors (Lipinski definition) is 5. The summed E-state index contributed by atoms with van der Waals surface area (Å²) < 4.78 is 20.0. The van der Waals surface area contributed by atoms with E-state index in [2.05, 4.69) is 4.98 Å². The van der Waals surface area contributed by atoms with Crippen molar-refractivity contribution in [2.45, 2.75) is 77.5 Å². The minimum absolute atomic E-state index is 0.0144. The zero-order chi connectivity index (χ0) is 21.2. The Labute approximate surface area is 173 Å². The highest BCUT2D eigenvalue weighted by Crippen LogP contribution is 2.31. The number of rotatable bonds is 5. The number of anilines is 1. The number of carbonyl (C=O) groups excluding carboxylic acids is 1. The molecular weight excluding hydrogens is 373 g/mol. The summed E-state index contributed by atoms with van der Waals surface area (Å²) in [6.07, 6.45) is 4.18. The highest BCUT2D eigenvalue weighted by molar-refractivity contribution is 5.69. The molecule has 2 fully saturated rings. The Bertz CT molecular complexity index is 716. The maximum atomic E-state index is 14.3. The predicted octanol–water partition coefficient (Wildman–Crippen LogP) is 4.28. The van der Waals surface area contributed by atoms with Gasteiger partial charge in [0.2, 0.25) is 5.95 Å². The van der Waals surface area contributed by atoms with Crippen molar-refractivity contribution in [3.05, 3.63) is 23.6 Å². The first-order valence-corrected chi connectivity index (χ1v) is 10.7. The van der Waals surface area contributed by atoms with E-state index < -0.39 is 17.7 Å². The number of ether oxygens (including phenoxy) is 1. The fourth-order valence-electron chi connectivity index (χ4n) is 3.99. The van der Waals surface area contributed by atoms with E-state index in [-0.39, 0.29) is 17.7 Å². The molecule has 1 aliphatic heterocycles. The van der Waals surface area contributed by atoms with E-state index in [0.29, 0.717) is 18.3 Å². The van der Waals surface area contributed by atoms with E-state index in [1.807, 2.05) is 30.6 Å². The Morgan fingerprint density at radius 3 is 2.62 bits per heavy atom. The largest absolute Gasteiger partial charge is 0.444 e. The molecule has 0 radical (unpaired) electrons. The van der Waals surface area contributed by atoms with E-state index in [4.69, 9.17) is 4.74 Å². The molecule has 0 bridgehead atoms. The monoisotopic (exact) mass is 407 g/mol. The second kappa shape index (κ2) is 8.86. The molecule has 1 N–H and O–H groups in total.